The van der Waals surface area contributed by atoms with Gasteiger partial charge in [-0.05, 0) is 18.5 Å². The molecule has 0 aromatic heterocycles. The van der Waals surface area contributed by atoms with Gasteiger partial charge in [-0.15, -0.1) is 0 Å². The first kappa shape index (κ1) is 36.0. The minimum atomic E-state index is -2.33. The van der Waals surface area contributed by atoms with Crippen molar-refractivity contribution in [1.29, 1.82) is 0 Å². The van der Waals surface area contributed by atoms with Crippen LogP contribution in [0.3, 0.4) is 0 Å². The van der Waals surface area contributed by atoms with Crippen molar-refractivity contribution >= 4 is 18.5 Å². The molecule has 0 aliphatic heterocycles. The molecular weight excluding hydrogens is 437 g/mol. The van der Waals surface area contributed by atoms with Crippen molar-refractivity contribution in [2.45, 2.75) is 0 Å². The molecule has 12 heteroatoms. The SMILES string of the molecule is O=C([O-])[O-].O=C([O-])[O-].O=C([O-])[O-].[Hf+4].[K+].[K+]. The number of hydrogen-bond acceptors (Lipinski definition) is 9. The molecule has 0 aromatic carbocycles. The van der Waals surface area contributed by atoms with Crippen LogP contribution in [0.4, 0.5) is 14.4 Å². The quantitative estimate of drug-likeness (QED) is 0.332. The predicted octanol–water partition coefficient (Wildman–Crippen LogP) is -13.3. The predicted molar refractivity (Wildman–Crippen MR) is 16.2 cm³/mol. The van der Waals surface area contributed by atoms with E-state index in [1.54, 1.807) is 0 Å². The molecule has 0 bridgehead atoms. The third-order valence-corrected chi connectivity index (χ3v) is 0. The van der Waals surface area contributed by atoms with E-state index >= 15 is 0 Å². The van der Waals surface area contributed by atoms with Crippen LogP contribution in [0.25, 0.3) is 0 Å². The molecule has 0 saturated carbocycles. The van der Waals surface area contributed by atoms with Gasteiger partial charge in [0, 0.05) is 0 Å². The van der Waals surface area contributed by atoms with Crippen molar-refractivity contribution in [3.8, 4) is 0 Å². The second-order valence-electron chi connectivity index (χ2n) is 0.750. The smallest absolute Gasteiger partial charge is 0.652 e. The molecule has 0 aromatic rings. The molecule has 0 aliphatic rings. The molecule has 0 N–H and O–H groups in total. The summed E-state index contributed by atoms with van der Waals surface area (Å²) in [6, 6.07) is 0. The Morgan fingerprint density at radius 3 is 0.533 bits per heavy atom. The van der Waals surface area contributed by atoms with Crippen molar-refractivity contribution in [1.82, 2.24) is 0 Å². The number of rotatable bonds is 0. The zero-order chi connectivity index (χ0) is 10.7. The molecule has 9 nitrogen and oxygen atoms in total. The van der Waals surface area contributed by atoms with Crippen LogP contribution in [0.2, 0.25) is 0 Å². The maximum Gasteiger partial charge on any atom is 4.00 e. The summed E-state index contributed by atoms with van der Waals surface area (Å²) in [5, 5.41) is 50.0. The fourth-order valence-corrected chi connectivity index (χ4v) is 0. The molecule has 0 heterocycles. The molecule has 15 heavy (non-hydrogen) atoms. The van der Waals surface area contributed by atoms with Crippen LogP contribution in [0.15, 0.2) is 0 Å². The largest absolute Gasteiger partial charge is 4.00 e. The Bertz CT molecular complexity index is 121. The Kier molecular flexibility index (Phi) is 71.3. The summed E-state index contributed by atoms with van der Waals surface area (Å²) in [4.78, 5) is 25.0. The Labute approximate surface area is 187 Å². The van der Waals surface area contributed by atoms with Crippen molar-refractivity contribution in [3.63, 3.8) is 0 Å². The summed E-state index contributed by atoms with van der Waals surface area (Å²) in [5.41, 5.74) is 0. The van der Waals surface area contributed by atoms with Gasteiger partial charge in [0.25, 0.3) is 0 Å². The normalized spacial score (nSPS) is 4.80. The van der Waals surface area contributed by atoms with Gasteiger partial charge in [0.05, 0.1) is 0 Å². The van der Waals surface area contributed by atoms with E-state index in [9.17, 15) is 0 Å². The molecule has 0 unspecified atom stereocenters. The van der Waals surface area contributed by atoms with E-state index in [1.807, 2.05) is 0 Å². The third kappa shape index (κ3) is 814. The first-order chi connectivity index (χ1) is 5.20. The van der Waals surface area contributed by atoms with Crippen molar-refractivity contribution in [2.24, 2.45) is 0 Å². The summed E-state index contributed by atoms with van der Waals surface area (Å²) in [5.74, 6) is 0. The Morgan fingerprint density at radius 2 is 0.533 bits per heavy atom. The number of hydrogen-bond donors (Lipinski definition) is 0. The van der Waals surface area contributed by atoms with Crippen molar-refractivity contribution < 1.29 is 174 Å². The maximum atomic E-state index is 8.33. The summed E-state index contributed by atoms with van der Waals surface area (Å²) in [6.45, 7) is 0. The van der Waals surface area contributed by atoms with Crippen molar-refractivity contribution in [2.75, 3.05) is 0 Å². The first-order valence-electron chi connectivity index (χ1n) is 1.84. The summed E-state index contributed by atoms with van der Waals surface area (Å²) >= 11 is 0. The average Bonchev–Trinajstić information content (AvgIpc) is 1.54. The Morgan fingerprint density at radius 1 is 0.533 bits per heavy atom. The van der Waals surface area contributed by atoms with Gasteiger partial charge in [-0.25, -0.2) is 0 Å². The number of carbonyl (C=O) groups excluding carboxylic acids is 3. The van der Waals surface area contributed by atoms with E-state index in [4.69, 9.17) is 45.0 Å². The molecule has 0 saturated heterocycles. The fraction of sp³-hybridized carbons (Fsp3) is 0. The molecule has 0 fully saturated rings. The van der Waals surface area contributed by atoms with E-state index in [0.29, 0.717) is 0 Å². The van der Waals surface area contributed by atoms with Crippen LogP contribution in [-0.4, -0.2) is 18.5 Å². The molecule has 0 amide bonds. The van der Waals surface area contributed by atoms with Crippen molar-refractivity contribution in [3.05, 3.63) is 0 Å². The molecule has 0 atom stereocenters. The van der Waals surface area contributed by atoms with E-state index in [2.05, 4.69) is 0 Å². The Balaban J connectivity index is -0.0000000184. The molecule has 0 radical (unpaired) electrons. The van der Waals surface area contributed by atoms with Gasteiger partial charge in [-0.3, -0.25) is 0 Å². The van der Waals surface area contributed by atoms with Crippen LogP contribution in [0, 0.1) is 0 Å². The summed E-state index contributed by atoms with van der Waals surface area (Å²) in [6.07, 6.45) is -7.00. The molecule has 72 valence electrons. The molecule has 0 aliphatic carbocycles. The number of carboxylic acid groups (broad SMARTS) is 6. The zero-order valence-electron chi connectivity index (χ0n) is 7.67. The van der Waals surface area contributed by atoms with Gasteiger partial charge in [-0.2, -0.15) is 0 Å². The topological polar surface area (TPSA) is 190 Å². The second-order valence-corrected chi connectivity index (χ2v) is 0.750. The maximum absolute atomic E-state index is 8.33. The van der Waals surface area contributed by atoms with Gasteiger partial charge in [0.1, 0.15) is 0 Å². The summed E-state index contributed by atoms with van der Waals surface area (Å²) in [7, 11) is 0. The minimum Gasteiger partial charge on any atom is -0.652 e. The monoisotopic (exact) mass is 438 g/mol. The fourth-order valence-electron chi connectivity index (χ4n) is 0. The minimum absolute atomic E-state index is 0. The molecule has 0 rings (SSSR count). The van der Waals surface area contributed by atoms with E-state index < -0.39 is 18.5 Å². The van der Waals surface area contributed by atoms with Crippen LogP contribution >= 0.6 is 0 Å². The van der Waals surface area contributed by atoms with Crippen LogP contribution in [0.5, 0.6) is 0 Å². The Hall–Kier alpha value is 1.95. The first-order valence-corrected chi connectivity index (χ1v) is 1.84. The van der Waals surface area contributed by atoms with E-state index in [0.717, 1.165) is 0 Å². The zero-order valence-corrected chi connectivity index (χ0v) is 17.5. The van der Waals surface area contributed by atoms with Crippen LogP contribution in [0.1, 0.15) is 0 Å². The van der Waals surface area contributed by atoms with Crippen LogP contribution < -0.4 is 133 Å². The molecular formula is C3HfK2O9. The standard InChI is InChI=1S/3CH2O3.Hf.2K/c3*2-1(3)4;;;/h3*(H2,2,3,4);;;/q;;;+4;2*+1/p-6. The van der Waals surface area contributed by atoms with Crippen LogP contribution in [-0.2, 0) is 25.8 Å². The van der Waals surface area contributed by atoms with Gasteiger partial charge in [0.15, 0.2) is 0 Å². The van der Waals surface area contributed by atoms with E-state index in [1.165, 1.54) is 0 Å². The number of carbonyl (C=O) groups is 3. The van der Waals surface area contributed by atoms with Gasteiger partial charge in [0.2, 0.25) is 0 Å². The van der Waals surface area contributed by atoms with Gasteiger partial charge >= 0.3 is 129 Å². The molecule has 0 spiro atoms. The van der Waals surface area contributed by atoms with Gasteiger partial charge in [-0.1, -0.05) is 0 Å². The third-order valence-electron chi connectivity index (χ3n) is 0. The second kappa shape index (κ2) is 29.7. The average molecular weight is 437 g/mol. The summed E-state index contributed by atoms with van der Waals surface area (Å²) < 4.78 is 0. The van der Waals surface area contributed by atoms with Gasteiger partial charge < -0.3 is 45.0 Å². The van der Waals surface area contributed by atoms with E-state index in [-0.39, 0.29) is 129 Å².